The fourth-order valence-electron chi connectivity index (χ4n) is 5.40. The van der Waals surface area contributed by atoms with Crippen LogP contribution in [0, 0.1) is 11.3 Å². The van der Waals surface area contributed by atoms with Crippen LogP contribution in [0.3, 0.4) is 0 Å². The minimum Gasteiger partial charge on any atom is -0.461 e. The number of hydrogen-bond donors (Lipinski definition) is 1. The number of ether oxygens (including phenoxy) is 1. The smallest absolute Gasteiger partial charge is 0.317 e. The highest BCUT2D eigenvalue weighted by atomic mass is 32.1. The molecule has 2 aromatic heterocycles. The Balaban J connectivity index is 0.00000226. The van der Waals surface area contributed by atoms with Crippen molar-refractivity contribution in [1.29, 1.82) is 5.26 Å². The van der Waals surface area contributed by atoms with Gasteiger partial charge in [0.05, 0.1) is 28.8 Å². The second-order valence-corrected chi connectivity index (χ2v) is 12.0. The molecule has 1 unspecified atom stereocenters. The first-order valence-electron chi connectivity index (χ1n) is 14.6. The highest BCUT2D eigenvalue weighted by Crippen LogP contribution is 2.46. The highest BCUT2D eigenvalue weighted by molar-refractivity contribution is 7.16. The van der Waals surface area contributed by atoms with Crippen molar-refractivity contribution in [1.82, 2.24) is 19.8 Å². The number of hydrogen-bond acceptors (Lipinski definition) is 9. The lowest BCUT2D eigenvalue weighted by atomic mass is 9.79. The number of fused-ring (bicyclic) bond motifs is 1. The molecule has 4 rings (SSSR count). The minimum absolute atomic E-state index is 0.0334. The molecule has 222 valence electrons. The van der Waals surface area contributed by atoms with E-state index >= 15 is 0 Å². The number of likely N-dealkylation sites (tertiary alicyclic amines) is 1. The molecule has 10 heteroatoms. The highest BCUT2D eigenvalue weighted by Gasteiger charge is 2.36. The van der Waals surface area contributed by atoms with E-state index in [1.165, 1.54) is 11.3 Å². The van der Waals surface area contributed by atoms with Gasteiger partial charge < -0.3 is 15.4 Å². The summed E-state index contributed by atoms with van der Waals surface area (Å²) in [6, 6.07) is 4.31. The topological polar surface area (TPSA) is 121 Å². The van der Waals surface area contributed by atoms with Gasteiger partial charge in [0.2, 0.25) is 0 Å². The Labute approximate surface area is 249 Å². The monoisotopic (exact) mass is 579 g/mol. The van der Waals surface area contributed by atoms with E-state index in [4.69, 9.17) is 10.5 Å². The van der Waals surface area contributed by atoms with Gasteiger partial charge in [-0.25, -0.2) is 9.98 Å². The van der Waals surface area contributed by atoms with Crippen molar-refractivity contribution in [3.05, 3.63) is 39.5 Å². The lowest BCUT2D eigenvalue weighted by Gasteiger charge is -2.31. The predicted octanol–water partition coefficient (Wildman–Crippen LogP) is 5.68. The molecular formula is C31H45N7O2S. The fraction of sp³-hybridized carbons (Fsp3) is 0.581. The molecule has 1 aliphatic heterocycles. The van der Waals surface area contributed by atoms with Gasteiger partial charge in [-0.2, -0.15) is 10.2 Å². The van der Waals surface area contributed by atoms with Crippen molar-refractivity contribution in [3.63, 3.8) is 0 Å². The number of aryl methyl sites for hydroxylation is 1. The summed E-state index contributed by atoms with van der Waals surface area (Å²) in [7, 11) is 5.88. The zero-order chi connectivity index (χ0) is 30.2. The third kappa shape index (κ3) is 7.32. The molecule has 2 aliphatic rings. The zero-order valence-corrected chi connectivity index (χ0v) is 26.5. The van der Waals surface area contributed by atoms with Gasteiger partial charge in [-0.05, 0) is 70.7 Å². The molecule has 0 saturated carbocycles. The molecule has 0 radical (unpaired) electrons. The largest absolute Gasteiger partial charge is 0.461 e. The van der Waals surface area contributed by atoms with E-state index in [2.05, 4.69) is 39.9 Å². The number of Topliss-reactive ketones (excluding diaryl/α,β-unsaturated/α-hetero) is 1. The Hall–Kier alpha value is -3.29. The van der Waals surface area contributed by atoms with Crippen LogP contribution in [0.5, 0.6) is 6.01 Å². The Morgan fingerprint density at radius 2 is 2.15 bits per heavy atom. The molecular weight excluding hydrogens is 534 g/mol. The van der Waals surface area contributed by atoms with E-state index in [0.717, 1.165) is 49.1 Å². The Bertz CT molecular complexity index is 1310. The summed E-state index contributed by atoms with van der Waals surface area (Å²) in [5, 5.41) is 10.7. The van der Waals surface area contributed by atoms with Gasteiger partial charge in [-0.3, -0.25) is 9.69 Å². The minimum atomic E-state index is -0.418. The Morgan fingerprint density at radius 1 is 1.39 bits per heavy atom. The van der Waals surface area contributed by atoms with Gasteiger partial charge in [-0.1, -0.05) is 27.2 Å². The number of nitriles is 1. The number of rotatable bonds is 10. The third-order valence-corrected chi connectivity index (χ3v) is 8.93. The number of likely N-dealkylation sites (N-methyl/N-ethyl adjacent to an activating group) is 1. The number of aromatic nitrogens is 2. The second kappa shape index (κ2) is 14.6. The Kier molecular flexibility index (Phi) is 11.4. The molecule has 1 fully saturated rings. The molecule has 0 amide bonds. The van der Waals surface area contributed by atoms with Crippen molar-refractivity contribution < 1.29 is 9.53 Å². The van der Waals surface area contributed by atoms with Crippen LogP contribution in [0.15, 0.2) is 22.8 Å². The first kappa shape index (κ1) is 32.2. The number of carbonyl (C=O) groups excluding carboxylic acids is 1. The number of thiophene rings is 1. The van der Waals surface area contributed by atoms with Crippen LogP contribution in [0.1, 0.15) is 93.8 Å². The summed E-state index contributed by atoms with van der Waals surface area (Å²) in [6.45, 7) is 9.74. The molecule has 0 aromatic carbocycles. The first-order chi connectivity index (χ1) is 19.7. The fourth-order valence-corrected chi connectivity index (χ4v) is 6.59. The number of ketones is 1. The van der Waals surface area contributed by atoms with Gasteiger partial charge >= 0.3 is 6.01 Å². The molecule has 9 nitrogen and oxygen atoms in total. The normalized spacial score (nSPS) is 21.0. The summed E-state index contributed by atoms with van der Waals surface area (Å²) in [5.74, 6) is -0.452. The molecule has 0 bridgehead atoms. The van der Waals surface area contributed by atoms with Crippen molar-refractivity contribution in [3.8, 4) is 12.1 Å². The maximum atomic E-state index is 14.1. The number of allylic oxidation sites excluding steroid dienone is 1. The summed E-state index contributed by atoms with van der Waals surface area (Å²) in [6.07, 6.45) is 9.19. The number of nitrogens with two attached hydrogens (primary N) is 1. The molecule has 2 aromatic rings. The van der Waals surface area contributed by atoms with Crippen LogP contribution in [0.4, 0.5) is 5.00 Å². The molecule has 1 saturated heterocycles. The molecule has 1 aliphatic carbocycles. The molecule has 0 spiro atoms. The lowest BCUT2D eigenvalue weighted by Crippen LogP contribution is -2.43. The summed E-state index contributed by atoms with van der Waals surface area (Å²) < 4.78 is 6.01. The first-order valence-corrected chi connectivity index (χ1v) is 15.5. The quantitative estimate of drug-likeness (QED) is 0.217. The lowest BCUT2D eigenvalue weighted by molar-refractivity contribution is -0.117. The number of aliphatic imine (C=N–C) groups is 1. The standard InChI is InChI=1S/C29H39N7O2S.C2H6/c1-6-9-20(25(31)22-12-14-32-28(34-22)38-17-29(2)13-8-15-36(29)5)26(37)19-10-7-11-23-24(19)21(16-30)27(39-23)33-18-35(3)4;1-2/h12,14,18-19H,6-11,13,15,17,31H2,1-5H3;1-2H3/b25-20-,33-18+;/t19-,29?;/m0./s1. The van der Waals surface area contributed by atoms with Crippen LogP contribution in [0.2, 0.25) is 0 Å². The van der Waals surface area contributed by atoms with E-state index in [-0.39, 0.29) is 17.3 Å². The number of nitrogens with zero attached hydrogens (tertiary/aromatic N) is 6. The number of carbonyl (C=O) groups is 1. The van der Waals surface area contributed by atoms with Crippen LogP contribution < -0.4 is 10.5 Å². The van der Waals surface area contributed by atoms with E-state index in [1.54, 1.807) is 18.6 Å². The van der Waals surface area contributed by atoms with Gasteiger partial charge in [0.25, 0.3) is 0 Å². The van der Waals surface area contributed by atoms with E-state index in [9.17, 15) is 10.1 Å². The molecule has 3 heterocycles. The molecule has 2 atom stereocenters. The van der Waals surface area contributed by atoms with E-state index in [0.29, 0.717) is 47.0 Å². The van der Waals surface area contributed by atoms with Crippen LogP contribution in [0.25, 0.3) is 5.70 Å². The van der Waals surface area contributed by atoms with Gasteiger partial charge in [-0.15, -0.1) is 11.3 Å². The van der Waals surface area contributed by atoms with Gasteiger partial charge in [0.15, 0.2) is 5.78 Å². The van der Waals surface area contributed by atoms with Crippen LogP contribution >= 0.6 is 11.3 Å². The van der Waals surface area contributed by atoms with Gasteiger partial charge in [0.1, 0.15) is 17.7 Å². The predicted molar refractivity (Wildman–Crippen MR) is 167 cm³/mol. The van der Waals surface area contributed by atoms with Crippen molar-refractivity contribution in [2.24, 2.45) is 10.7 Å². The third-order valence-electron chi connectivity index (χ3n) is 7.76. The molecule has 2 N–H and O–H groups in total. The van der Waals surface area contributed by atoms with E-state index < -0.39 is 5.92 Å². The SMILES string of the molecule is CC.CCC/C(C(=O)[C@H]1CCCc2sc(/N=C/N(C)C)c(C#N)c21)=C(/N)c1ccnc(OCC2(C)CCCN2C)n1. The second-order valence-electron chi connectivity index (χ2n) is 10.9. The van der Waals surface area contributed by atoms with Crippen molar-refractivity contribution in [2.75, 3.05) is 34.3 Å². The average molecular weight is 580 g/mol. The average Bonchev–Trinajstić information content (AvgIpc) is 3.52. The maximum Gasteiger partial charge on any atom is 0.317 e. The Morgan fingerprint density at radius 3 is 2.78 bits per heavy atom. The van der Waals surface area contributed by atoms with Crippen LogP contribution in [-0.4, -0.2) is 71.7 Å². The van der Waals surface area contributed by atoms with E-state index in [1.807, 2.05) is 39.8 Å². The summed E-state index contributed by atoms with van der Waals surface area (Å²) >= 11 is 1.51. The van der Waals surface area contributed by atoms with Crippen LogP contribution in [-0.2, 0) is 11.2 Å². The zero-order valence-electron chi connectivity index (χ0n) is 25.7. The summed E-state index contributed by atoms with van der Waals surface area (Å²) in [4.78, 5) is 32.7. The van der Waals surface area contributed by atoms with Gasteiger partial charge in [0, 0.05) is 36.7 Å². The summed E-state index contributed by atoms with van der Waals surface area (Å²) in [5.41, 5.74) is 9.32. The molecule has 41 heavy (non-hydrogen) atoms. The maximum absolute atomic E-state index is 14.1. The van der Waals surface area contributed by atoms with Crippen molar-refractivity contribution in [2.45, 2.75) is 84.1 Å². The van der Waals surface area contributed by atoms with Crippen molar-refractivity contribution >= 4 is 34.2 Å².